The van der Waals surface area contributed by atoms with Gasteiger partial charge in [-0.05, 0) is 84.9 Å². The first-order valence-corrected chi connectivity index (χ1v) is 14.9. The van der Waals surface area contributed by atoms with Crippen LogP contribution in [0.15, 0.2) is 120 Å². The molecule has 0 fully saturated rings. The van der Waals surface area contributed by atoms with Gasteiger partial charge in [0, 0.05) is 25.8 Å². The minimum Gasteiger partial charge on any atom is -0.467 e. The average Bonchev–Trinajstić information content (AvgIpc) is 3.50. The van der Waals surface area contributed by atoms with E-state index < -0.39 is 21.8 Å². The molecule has 12 heteroatoms. The zero-order valence-corrected chi connectivity index (χ0v) is 23.9. The number of nitrogens with one attached hydrogen (secondary N) is 2. The second kappa shape index (κ2) is 11.3. The van der Waals surface area contributed by atoms with E-state index in [2.05, 4.69) is 26.0 Å². The van der Waals surface area contributed by atoms with Crippen LogP contribution in [0, 0.1) is 0 Å². The molecular formula is C27H19BrClN3O5S2. The van der Waals surface area contributed by atoms with Crippen molar-refractivity contribution in [3.8, 4) is 0 Å². The topological polar surface area (TPSA) is 109 Å². The fourth-order valence-electron chi connectivity index (χ4n) is 3.67. The number of anilines is 2. The monoisotopic (exact) mass is 643 g/mol. The summed E-state index contributed by atoms with van der Waals surface area (Å²) in [7, 11) is -3.81. The molecule has 0 spiro atoms. The van der Waals surface area contributed by atoms with Crippen LogP contribution in [0.2, 0.25) is 5.02 Å². The molecule has 2 N–H and O–H groups in total. The molecule has 0 saturated heterocycles. The van der Waals surface area contributed by atoms with E-state index in [0.29, 0.717) is 27.1 Å². The number of nitrogens with zero attached hydrogens (tertiary/aromatic N) is 1. The minimum atomic E-state index is -3.81. The maximum Gasteiger partial charge on any atom is 0.278 e. The third-order valence-electron chi connectivity index (χ3n) is 5.58. The molecule has 3 aromatic carbocycles. The fourth-order valence-corrected chi connectivity index (χ4v) is 6.07. The van der Waals surface area contributed by atoms with Gasteiger partial charge in [0.25, 0.3) is 21.8 Å². The van der Waals surface area contributed by atoms with Crippen LogP contribution in [0.1, 0.15) is 5.76 Å². The lowest BCUT2D eigenvalue weighted by molar-refractivity contribution is -0.138. The van der Waals surface area contributed by atoms with Crippen LogP contribution in [-0.2, 0) is 26.2 Å². The van der Waals surface area contributed by atoms with Gasteiger partial charge < -0.3 is 9.73 Å². The molecule has 4 aromatic rings. The number of thioether (sulfide) groups is 1. The molecule has 198 valence electrons. The lowest BCUT2D eigenvalue weighted by Gasteiger charge is -2.13. The van der Waals surface area contributed by atoms with Crippen LogP contribution in [0.3, 0.4) is 0 Å². The Hall–Kier alpha value is -3.51. The summed E-state index contributed by atoms with van der Waals surface area (Å²) in [5.74, 6) is -0.467. The highest BCUT2D eigenvalue weighted by Gasteiger charge is 2.39. The molecule has 1 aliphatic heterocycles. The third-order valence-corrected chi connectivity index (χ3v) is 8.85. The predicted octanol–water partition coefficient (Wildman–Crippen LogP) is 6.48. The van der Waals surface area contributed by atoms with Crippen LogP contribution in [-0.4, -0.2) is 25.1 Å². The predicted molar refractivity (Wildman–Crippen MR) is 154 cm³/mol. The Kier molecular flexibility index (Phi) is 7.85. The van der Waals surface area contributed by atoms with E-state index in [0.717, 1.165) is 21.1 Å². The lowest BCUT2D eigenvalue weighted by atomic mass is 10.3. The summed E-state index contributed by atoms with van der Waals surface area (Å²) in [5.41, 5.74) is 1.12. The summed E-state index contributed by atoms with van der Waals surface area (Å²) < 4.78 is 34.1. The number of amides is 2. The summed E-state index contributed by atoms with van der Waals surface area (Å²) in [4.78, 5) is 28.7. The summed E-state index contributed by atoms with van der Waals surface area (Å²) in [5, 5.41) is 3.52. The van der Waals surface area contributed by atoms with E-state index >= 15 is 0 Å². The van der Waals surface area contributed by atoms with Gasteiger partial charge in [-0.1, -0.05) is 39.3 Å². The number of hydrogen-bond donors (Lipinski definition) is 2. The van der Waals surface area contributed by atoms with Crippen LogP contribution in [0.25, 0.3) is 0 Å². The van der Waals surface area contributed by atoms with Gasteiger partial charge in [0.1, 0.15) is 16.4 Å². The quantitative estimate of drug-likeness (QED) is 0.201. The second-order valence-corrected chi connectivity index (χ2v) is 12.4. The van der Waals surface area contributed by atoms with E-state index in [1.54, 1.807) is 48.5 Å². The highest BCUT2D eigenvalue weighted by Crippen LogP contribution is 2.37. The number of rotatable bonds is 9. The Labute approximate surface area is 242 Å². The average molecular weight is 645 g/mol. The summed E-state index contributed by atoms with van der Waals surface area (Å²) >= 11 is 10.3. The molecule has 1 aromatic heterocycles. The molecule has 39 heavy (non-hydrogen) atoms. The first-order valence-electron chi connectivity index (χ1n) is 11.4. The second-order valence-electron chi connectivity index (χ2n) is 8.30. The molecule has 0 aliphatic carbocycles. The number of benzene rings is 3. The molecule has 0 radical (unpaired) electrons. The van der Waals surface area contributed by atoms with Crippen LogP contribution < -0.4 is 10.0 Å². The number of furan rings is 1. The number of hydrogen-bond acceptors (Lipinski definition) is 7. The van der Waals surface area contributed by atoms with E-state index in [1.807, 2.05) is 12.1 Å². The van der Waals surface area contributed by atoms with Gasteiger partial charge in [0.15, 0.2) is 0 Å². The Morgan fingerprint density at radius 2 is 1.54 bits per heavy atom. The minimum absolute atomic E-state index is 0.00827. The lowest BCUT2D eigenvalue weighted by Crippen LogP contribution is -2.31. The summed E-state index contributed by atoms with van der Waals surface area (Å²) in [6.07, 6.45) is 1.48. The summed E-state index contributed by atoms with van der Waals surface area (Å²) in [6.45, 7) is -0.00827. The largest absolute Gasteiger partial charge is 0.467 e. The number of halogens is 2. The van der Waals surface area contributed by atoms with Crippen LogP contribution in [0.4, 0.5) is 11.4 Å². The van der Waals surface area contributed by atoms with Crippen molar-refractivity contribution >= 4 is 72.5 Å². The van der Waals surface area contributed by atoms with Crippen molar-refractivity contribution in [1.82, 2.24) is 4.90 Å². The van der Waals surface area contributed by atoms with Crippen LogP contribution in [0.5, 0.6) is 0 Å². The molecule has 1 aliphatic rings. The Morgan fingerprint density at radius 3 is 2.18 bits per heavy atom. The Balaban J connectivity index is 1.38. The van der Waals surface area contributed by atoms with Crippen molar-refractivity contribution in [2.75, 3.05) is 10.0 Å². The van der Waals surface area contributed by atoms with Gasteiger partial charge in [0.2, 0.25) is 0 Å². The zero-order chi connectivity index (χ0) is 27.6. The van der Waals surface area contributed by atoms with Gasteiger partial charge in [-0.15, -0.1) is 0 Å². The van der Waals surface area contributed by atoms with Crippen molar-refractivity contribution in [3.05, 3.63) is 117 Å². The highest BCUT2D eigenvalue weighted by molar-refractivity contribution is 9.10. The van der Waals surface area contributed by atoms with Crippen molar-refractivity contribution in [2.24, 2.45) is 0 Å². The van der Waals surface area contributed by atoms with E-state index in [4.69, 9.17) is 16.0 Å². The van der Waals surface area contributed by atoms with Gasteiger partial charge in [-0.2, -0.15) is 0 Å². The molecule has 0 saturated carbocycles. The third kappa shape index (κ3) is 6.22. The van der Waals surface area contributed by atoms with Gasteiger partial charge in [0.05, 0.1) is 17.7 Å². The number of imide groups is 1. The van der Waals surface area contributed by atoms with E-state index in [-0.39, 0.29) is 22.0 Å². The van der Waals surface area contributed by atoms with Crippen molar-refractivity contribution in [1.29, 1.82) is 0 Å². The smallest absolute Gasteiger partial charge is 0.278 e. The van der Waals surface area contributed by atoms with Crippen LogP contribution >= 0.6 is 39.3 Å². The normalized spacial score (nSPS) is 13.7. The highest BCUT2D eigenvalue weighted by atomic mass is 79.9. The molecule has 0 bridgehead atoms. The first kappa shape index (κ1) is 27.1. The number of carbonyl (C=O) groups is 2. The maximum absolute atomic E-state index is 13.4. The molecular weight excluding hydrogens is 626 g/mol. The molecule has 0 unspecified atom stereocenters. The fraction of sp³-hybridized carbons (Fsp3) is 0.0370. The number of sulfonamides is 1. The van der Waals surface area contributed by atoms with Gasteiger partial charge >= 0.3 is 0 Å². The molecule has 2 heterocycles. The van der Waals surface area contributed by atoms with Crippen molar-refractivity contribution in [2.45, 2.75) is 16.3 Å². The maximum atomic E-state index is 13.4. The first-order chi connectivity index (χ1) is 18.7. The molecule has 8 nitrogen and oxygen atoms in total. The standard InChI is InChI=1S/C27H19BrClN3O5S2/c28-17-3-7-19(8-4-17)30-24-25(27(34)32(26(24)33)16-21-2-1-15-37-21)38-22-11-9-20(10-12-22)31-39(35,36)23-13-5-18(29)6-14-23/h1-15,30-31H,16H2. The Bertz CT molecular complexity index is 1660. The zero-order valence-electron chi connectivity index (χ0n) is 19.9. The SMILES string of the molecule is O=C1C(Nc2ccc(Br)cc2)=C(Sc2ccc(NS(=O)(=O)c3ccc(Cl)cc3)cc2)C(=O)N1Cc1ccco1. The number of carbonyl (C=O) groups excluding carboxylic acids is 2. The van der Waals surface area contributed by atoms with E-state index in [9.17, 15) is 18.0 Å². The summed E-state index contributed by atoms with van der Waals surface area (Å²) in [6, 6.07) is 22.9. The van der Waals surface area contributed by atoms with Gasteiger partial charge in [-0.25, -0.2) is 8.42 Å². The molecule has 2 amide bonds. The van der Waals surface area contributed by atoms with E-state index in [1.165, 1.54) is 30.5 Å². The van der Waals surface area contributed by atoms with Gasteiger partial charge in [-0.3, -0.25) is 19.2 Å². The Morgan fingerprint density at radius 1 is 0.872 bits per heavy atom. The molecule has 5 rings (SSSR count). The van der Waals surface area contributed by atoms with Crippen molar-refractivity contribution in [3.63, 3.8) is 0 Å². The van der Waals surface area contributed by atoms with Crippen molar-refractivity contribution < 1.29 is 22.4 Å². The molecule has 0 atom stereocenters.